The van der Waals surface area contributed by atoms with E-state index >= 15 is 0 Å². The largest absolute Gasteiger partial charge is 0.344 e. The fraction of sp³-hybridized carbons (Fsp3) is 0.182. The van der Waals surface area contributed by atoms with Gasteiger partial charge in [-0.1, -0.05) is 11.6 Å². The van der Waals surface area contributed by atoms with Crippen LogP contribution in [0.15, 0.2) is 18.2 Å². The number of nitrogens with one attached hydrogen (secondary N) is 1. The second-order valence-corrected chi connectivity index (χ2v) is 4.44. The fourth-order valence-electron chi connectivity index (χ4n) is 1.48. The molecule has 0 bridgehead atoms. The van der Waals surface area contributed by atoms with Gasteiger partial charge in [-0.15, -0.1) is 0 Å². The van der Waals surface area contributed by atoms with Crippen LogP contribution in [-0.4, -0.2) is 20.4 Å². The molecule has 2 aromatic heterocycles. The van der Waals surface area contributed by atoms with E-state index in [9.17, 15) is 4.79 Å². The molecule has 94 valence electrons. The summed E-state index contributed by atoms with van der Waals surface area (Å²) in [5.41, 5.74) is 1.51. The van der Waals surface area contributed by atoms with Gasteiger partial charge < -0.3 is 9.88 Å². The Morgan fingerprint density at radius 1 is 1.33 bits per heavy atom. The smallest absolute Gasteiger partial charge is 0.273 e. The van der Waals surface area contributed by atoms with Gasteiger partial charge in [0.05, 0.1) is 0 Å². The third-order valence-corrected chi connectivity index (χ3v) is 2.88. The molecule has 0 aliphatic rings. The summed E-state index contributed by atoms with van der Waals surface area (Å²) >= 11 is 11.4. The Kier molecular flexibility index (Phi) is 3.54. The van der Waals surface area contributed by atoms with Crippen molar-refractivity contribution in [2.45, 2.75) is 6.92 Å². The minimum Gasteiger partial charge on any atom is -0.344 e. The van der Waals surface area contributed by atoms with E-state index in [1.807, 2.05) is 20.0 Å². The van der Waals surface area contributed by atoms with Gasteiger partial charge in [-0.3, -0.25) is 4.79 Å². The summed E-state index contributed by atoms with van der Waals surface area (Å²) in [6.45, 7) is 1.91. The van der Waals surface area contributed by atoms with E-state index in [1.54, 1.807) is 10.6 Å². The standard InChI is InChI=1S/C11H10Cl2N4O/c1-6-3-4-7(17(6)2)10(18)15-9-5-8(12)14-11(13)16-9/h3-5H,1-2H3,(H,14,15,16,18). The molecule has 0 radical (unpaired) electrons. The minimum atomic E-state index is -0.281. The molecule has 5 nitrogen and oxygen atoms in total. The van der Waals surface area contributed by atoms with Crippen molar-refractivity contribution in [1.29, 1.82) is 0 Å². The van der Waals surface area contributed by atoms with Gasteiger partial charge >= 0.3 is 0 Å². The second-order valence-electron chi connectivity index (χ2n) is 3.72. The molecular formula is C11H10Cl2N4O. The first-order chi connectivity index (χ1) is 8.47. The van der Waals surface area contributed by atoms with Gasteiger partial charge in [-0.2, -0.15) is 0 Å². The highest BCUT2D eigenvalue weighted by Crippen LogP contribution is 2.15. The van der Waals surface area contributed by atoms with Crippen molar-refractivity contribution < 1.29 is 4.79 Å². The van der Waals surface area contributed by atoms with Crippen LogP contribution in [-0.2, 0) is 7.05 Å². The van der Waals surface area contributed by atoms with Crippen LogP contribution in [0.25, 0.3) is 0 Å². The predicted octanol–water partition coefficient (Wildman–Crippen LogP) is 2.68. The summed E-state index contributed by atoms with van der Waals surface area (Å²) in [4.78, 5) is 19.6. The third kappa shape index (κ3) is 2.63. The van der Waals surface area contributed by atoms with Crippen molar-refractivity contribution in [2.24, 2.45) is 7.05 Å². The molecule has 7 heteroatoms. The summed E-state index contributed by atoms with van der Waals surface area (Å²) in [6.07, 6.45) is 0. The van der Waals surface area contributed by atoms with Gasteiger partial charge in [0, 0.05) is 18.8 Å². The number of aromatic nitrogens is 3. The summed E-state index contributed by atoms with van der Waals surface area (Å²) < 4.78 is 1.78. The molecule has 0 saturated heterocycles. The van der Waals surface area contributed by atoms with Crippen LogP contribution >= 0.6 is 23.2 Å². The van der Waals surface area contributed by atoms with Crippen molar-refractivity contribution in [3.63, 3.8) is 0 Å². The normalized spacial score (nSPS) is 10.4. The molecule has 1 amide bonds. The minimum absolute atomic E-state index is 0.0131. The van der Waals surface area contributed by atoms with Crippen molar-refractivity contribution in [1.82, 2.24) is 14.5 Å². The highest BCUT2D eigenvalue weighted by molar-refractivity contribution is 6.32. The van der Waals surface area contributed by atoms with E-state index in [4.69, 9.17) is 23.2 Å². The maximum absolute atomic E-state index is 12.0. The first-order valence-corrected chi connectivity index (χ1v) is 5.86. The van der Waals surface area contributed by atoms with Crippen molar-refractivity contribution in [3.05, 3.63) is 40.0 Å². The van der Waals surface area contributed by atoms with E-state index in [2.05, 4.69) is 15.3 Å². The number of aryl methyl sites for hydroxylation is 1. The number of hydrogen-bond acceptors (Lipinski definition) is 3. The lowest BCUT2D eigenvalue weighted by molar-refractivity contribution is 0.101. The lowest BCUT2D eigenvalue weighted by atomic mass is 10.4. The molecule has 0 saturated carbocycles. The fourth-order valence-corrected chi connectivity index (χ4v) is 1.88. The van der Waals surface area contributed by atoms with Crippen LogP contribution in [0.1, 0.15) is 16.2 Å². The Morgan fingerprint density at radius 2 is 2.06 bits per heavy atom. The Balaban J connectivity index is 2.24. The predicted molar refractivity (Wildman–Crippen MR) is 70.2 cm³/mol. The van der Waals surface area contributed by atoms with Gasteiger partial charge in [0.2, 0.25) is 5.28 Å². The lowest BCUT2D eigenvalue weighted by Gasteiger charge is -2.06. The Labute approximate surface area is 114 Å². The van der Waals surface area contributed by atoms with Gasteiger partial charge in [0.15, 0.2) is 0 Å². The zero-order valence-electron chi connectivity index (χ0n) is 9.74. The van der Waals surface area contributed by atoms with E-state index in [0.29, 0.717) is 5.69 Å². The Bertz CT molecular complexity index is 589. The number of nitrogens with zero attached hydrogens (tertiary/aromatic N) is 3. The average Bonchev–Trinajstić information content (AvgIpc) is 2.58. The molecule has 2 aromatic rings. The Morgan fingerprint density at radius 3 is 2.61 bits per heavy atom. The maximum atomic E-state index is 12.0. The topological polar surface area (TPSA) is 59.8 Å². The van der Waals surface area contributed by atoms with Crippen LogP contribution in [0.3, 0.4) is 0 Å². The number of anilines is 1. The van der Waals surface area contributed by atoms with Crippen molar-refractivity contribution in [2.75, 3.05) is 5.32 Å². The molecule has 0 aliphatic carbocycles. The number of halogens is 2. The van der Waals surface area contributed by atoms with Gasteiger partial charge in [-0.05, 0) is 30.7 Å². The molecule has 0 atom stereocenters. The highest BCUT2D eigenvalue weighted by Gasteiger charge is 2.12. The molecule has 0 aromatic carbocycles. The zero-order chi connectivity index (χ0) is 13.3. The summed E-state index contributed by atoms with van der Waals surface area (Å²) in [7, 11) is 1.81. The number of carbonyl (C=O) groups is 1. The van der Waals surface area contributed by atoms with Crippen LogP contribution in [0.5, 0.6) is 0 Å². The van der Waals surface area contributed by atoms with Crippen LogP contribution in [0.2, 0.25) is 10.4 Å². The molecule has 18 heavy (non-hydrogen) atoms. The van der Waals surface area contributed by atoms with E-state index in [-0.39, 0.29) is 22.2 Å². The molecule has 0 unspecified atom stereocenters. The van der Waals surface area contributed by atoms with Gasteiger partial charge in [0.25, 0.3) is 5.91 Å². The molecule has 2 heterocycles. The second kappa shape index (κ2) is 4.96. The summed E-state index contributed by atoms with van der Waals surface area (Å²) in [5.74, 6) is -0.0136. The first kappa shape index (κ1) is 12.9. The van der Waals surface area contributed by atoms with E-state index < -0.39 is 0 Å². The van der Waals surface area contributed by atoms with Crippen LogP contribution in [0.4, 0.5) is 5.82 Å². The molecular weight excluding hydrogens is 275 g/mol. The third-order valence-electron chi connectivity index (χ3n) is 2.51. The number of amides is 1. The quantitative estimate of drug-likeness (QED) is 0.681. The van der Waals surface area contributed by atoms with Crippen LogP contribution < -0.4 is 5.32 Å². The molecule has 0 fully saturated rings. The number of hydrogen-bond donors (Lipinski definition) is 1. The highest BCUT2D eigenvalue weighted by atomic mass is 35.5. The van der Waals surface area contributed by atoms with E-state index in [1.165, 1.54) is 6.07 Å². The van der Waals surface area contributed by atoms with Crippen LogP contribution in [0, 0.1) is 6.92 Å². The van der Waals surface area contributed by atoms with Crippen molar-refractivity contribution >= 4 is 34.9 Å². The summed E-state index contributed by atoms with van der Waals surface area (Å²) in [6, 6.07) is 5.02. The number of carbonyl (C=O) groups excluding carboxylic acids is 1. The van der Waals surface area contributed by atoms with E-state index in [0.717, 1.165) is 5.69 Å². The SMILES string of the molecule is Cc1ccc(C(=O)Nc2cc(Cl)nc(Cl)n2)n1C. The van der Waals surface area contributed by atoms with Gasteiger partial charge in [0.1, 0.15) is 16.7 Å². The molecule has 0 aliphatic heterocycles. The summed E-state index contributed by atoms with van der Waals surface area (Å²) in [5, 5.41) is 2.78. The van der Waals surface area contributed by atoms with Crippen molar-refractivity contribution in [3.8, 4) is 0 Å². The Hall–Kier alpha value is -1.59. The first-order valence-electron chi connectivity index (χ1n) is 5.11. The van der Waals surface area contributed by atoms with Gasteiger partial charge in [-0.25, -0.2) is 9.97 Å². The number of rotatable bonds is 2. The average molecular weight is 285 g/mol. The molecule has 1 N–H and O–H groups in total. The molecule has 0 spiro atoms. The zero-order valence-corrected chi connectivity index (χ0v) is 11.2. The lowest BCUT2D eigenvalue weighted by Crippen LogP contribution is -2.17. The monoisotopic (exact) mass is 284 g/mol. The molecule has 2 rings (SSSR count). The maximum Gasteiger partial charge on any atom is 0.273 e.